The maximum atomic E-state index is 13.8. The number of Topliss-reactive ketones (excluding diaryl/α,β-unsaturated/α-hetero) is 1. The van der Waals surface area contributed by atoms with Crippen LogP contribution in [0.1, 0.15) is 85.5 Å². The molecule has 40 heavy (non-hydrogen) atoms. The first-order valence-corrected chi connectivity index (χ1v) is 15.5. The normalized spacial score (nSPS) is 23.9. The summed E-state index contributed by atoms with van der Waals surface area (Å²) < 4.78 is 27.0. The van der Waals surface area contributed by atoms with Crippen LogP contribution in [0.3, 0.4) is 0 Å². The Balaban J connectivity index is 1.66. The van der Waals surface area contributed by atoms with Crippen LogP contribution in [-0.2, 0) is 30.2 Å². The van der Waals surface area contributed by atoms with Gasteiger partial charge in [0, 0.05) is 19.7 Å². The Morgan fingerprint density at radius 2 is 1.73 bits per heavy atom. The minimum absolute atomic E-state index is 0.217. The highest BCUT2D eigenvalue weighted by Gasteiger charge is 2.45. The molecule has 5 N–H and O–H groups in total. The molecule has 0 aromatic heterocycles. The van der Waals surface area contributed by atoms with E-state index in [9.17, 15) is 27.9 Å². The molecule has 1 heterocycles. The molecule has 2 saturated carbocycles. The van der Waals surface area contributed by atoms with E-state index in [0.717, 1.165) is 32.1 Å². The number of nitrogens with zero attached hydrogens (tertiary/aromatic N) is 1. The molecule has 3 rings (SSSR count). The van der Waals surface area contributed by atoms with Gasteiger partial charge in [0.2, 0.25) is 11.8 Å². The van der Waals surface area contributed by atoms with Crippen molar-refractivity contribution >= 4 is 34.7 Å². The Hall–Kier alpha value is -2.09. The van der Waals surface area contributed by atoms with Gasteiger partial charge in [-0.25, -0.2) is 9.00 Å². The van der Waals surface area contributed by atoms with Crippen LogP contribution >= 0.6 is 0 Å². The third-order valence-corrected chi connectivity index (χ3v) is 9.40. The lowest BCUT2D eigenvalue weighted by atomic mass is 9.79. The third kappa shape index (κ3) is 8.23. The summed E-state index contributed by atoms with van der Waals surface area (Å²) in [6, 6.07) is -2.02. The van der Waals surface area contributed by atoms with Crippen LogP contribution in [0.15, 0.2) is 0 Å². The zero-order chi connectivity index (χ0) is 29.7. The Labute approximate surface area is 239 Å². The summed E-state index contributed by atoms with van der Waals surface area (Å²) in [5, 5.41) is 10.9. The number of nitrogens with one attached hydrogen (secondary N) is 4. The van der Waals surface area contributed by atoms with Gasteiger partial charge in [0.15, 0.2) is 23.1 Å². The summed E-state index contributed by atoms with van der Waals surface area (Å²) in [5.41, 5.74) is -1.52. The van der Waals surface area contributed by atoms with Crippen LogP contribution in [-0.4, -0.2) is 92.6 Å². The standard InChI is InChI=1S/C27H47N5O7S/c1-17(40(37)38)27(13-7-6-8-14-27)31-25(36)30-21(26(2,3)4)24(35)32-15-9-10-19(32)22(34)28-16-20(33)23(39-5)29-18-11-12-18/h17-19,21,23,29H,6-16H2,1-5H3,(H,28,34)(H,37,38)(H2,30,31,36)/t17-,19-,21+,23?/m0/s1. The maximum Gasteiger partial charge on any atom is 0.315 e. The van der Waals surface area contributed by atoms with Crippen molar-refractivity contribution < 1.29 is 32.7 Å². The fourth-order valence-corrected chi connectivity index (χ4v) is 6.34. The first-order valence-electron chi connectivity index (χ1n) is 14.4. The third-order valence-electron chi connectivity index (χ3n) is 8.35. The predicted molar refractivity (Wildman–Crippen MR) is 151 cm³/mol. The van der Waals surface area contributed by atoms with Crippen molar-refractivity contribution in [3.8, 4) is 0 Å². The maximum absolute atomic E-state index is 13.8. The average molecular weight is 586 g/mol. The van der Waals surface area contributed by atoms with E-state index in [2.05, 4.69) is 21.3 Å². The van der Waals surface area contributed by atoms with Crippen molar-refractivity contribution in [3.63, 3.8) is 0 Å². The molecule has 12 nitrogen and oxygen atoms in total. The van der Waals surface area contributed by atoms with Crippen molar-refractivity contribution in [2.75, 3.05) is 20.2 Å². The van der Waals surface area contributed by atoms with Crippen LogP contribution in [0.2, 0.25) is 0 Å². The van der Waals surface area contributed by atoms with E-state index in [4.69, 9.17) is 4.74 Å². The molecule has 2 unspecified atom stereocenters. The number of likely N-dealkylation sites (tertiary alicyclic amines) is 1. The molecule has 0 bridgehead atoms. The molecule has 1 aliphatic heterocycles. The number of ether oxygens (including phenoxy) is 1. The molecular formula is C27H47N5O7S. The molecule has 0 radical (unpaired) electrons. The Morgan fingerprint density at radius 1 is 1.07 bits per heavy atom. The van der Waals surface area contributed by atoms with Crippen molar-refractivity contribution in [2.45, 2.75) is 121 Å². The molecule has 3 fully saturated rings. The van der Waals surface area contributed by atoms with Crippen LogP contribution in [0.5, 0.6) is 0 Å². The number of hydrogen-bond donors (Lipinski definition) is 5. The first kappa shape index (κ1) is 32.4. The van der Waals surface area contributed by atoms with Crippen molar-refractivity contribution in [2.24, 2.45) is 5.41 Å². The van der Waals surface area contributed by atoms with Gasteiger partial charge < -0.3 is 30.1 Å². The second-order valence-corrected chi connectivity index (χ2v) is 13.7. The van der Waals surface area contributed by atoms with E-state index in [1.54, 1.807) is 6.92 Å². The van der Waals surface area contributed by atoms with Gasteiger partial charge in [-0.3, -0.25) is 19.7 Å². The number of hydrogen-bond acceptors (Lipinski definition) is 7. The summed E-state index contributed by atoms with van der Waals surface area (Å²) >= 11 is -2.12. The van der Waals surface area contributed by atoms with Gasteiger partial charge in [0.1, 0.15) is 12.1 Å². The van der Waals surface area contributed by atoms with Crippen LogP contribution < -0.4 is 21.3 Å². The summed E-state index contributed by atoms with van der Waals surface area (Å²) in [7, 11) is 1.44. The molecule has 13 heteroatoms. The zero-order valence-electron chi connectivity index (χ0n) is 24.4. The van der Waals surface area contributed by atoms with Crippen LogP contribution in [0.4, 0.5) is 4.79 Å². The predicted octanol–water partition coefficient (Wildman–Crippen LogP) is 1.41. The molecule has 0 aromatic rings. The molecule has 1 saturated heterocycles. The average Bonchev–Trinajstić information content (AvgIpc) is 3.59. The highest BCUT2D eigenvalue weighted by Crippen LogP contribution is 2.33. The molecule has 4 amide bonds. The quantitative estimate of drug-likeness (QED) is 0.169. The van der Waals surface area contributed by atoms with Gasteiger partial charge >= 0.3 is 6.03 Å². The topological polar surface area (TPSA) is 166 Å². The lowest BCUT2D eigenvalue weighted by Gasteiger charge is -2.42. The molecule has 3 aliphatic rings. The number of rotatable bonds is 12. The van der Waals surface area contributed by atoms with Gasteiger partial charge in [-0.05, 0) is 50.9 Å². The van der Waals surface area contributed by atoms with E-state index in [1.165, 1.54) is 12.0 Å². The molecule has 0 spiro atoms. The van der Waals surface area contributed by atoms with E-state index in [0.29, 0.717) is 32.2 Å². The molecule has 2 aliphatic carbocycles. The minimum Gasteiger partial charge on any atom is -0.359 e. The fraction of sp³-hybridized carbons (Fsp3) is 0.852. The van der Waals surface area contributed by atoms with E-state index in [1.807, 2.05) is 20.8 Å². The van der Waals surface area contributed by atoms with Crippen molar-refractivity contribution in [1.82, 2.24) is 26.2 Å². The highest BCUT2D eigenvalue weighted by atomic mass is 32.2. The Kier molecular flexibility index (Phi) is 11.1. The van der Waals surface area contributed by atoms with E-state index >= 15 is 0 Å². The summed E-state index contributed by atoms with van der Waals surface area (Å²) in [4.78, 5) is 54.2. The zero-order valence-corrected chi connectivity index (χ0v) is 25.2. The molecule has 5 atom stereocenters. The first-order chi connectivity index (χ1) is 18.8. The summed E-state index contributed by atoms with van der Waals surface area (Å²) in [5.74, 6) is -1.09. The molecule has 0 aromatic carbocycles. The second kappa shape index (κ2) is 13.7. The molecular weight excluding hydrogens is 538 g/mol. The van der Waals surface area contributed by atoms with Crippen LogP contribution in [0.25, 0.3) is 0 Å². The fourth-order valence-electron chi connectivity index (χ4n) is 5.66. The smallest absolute Gasteiger partial charge is 0.315 e. The van der Waals surface area contributed by atoms with Gasteiger partial charge in [-0.1, -0.05) is 40.0 Å². The number of carbonyl (C=O) groups is 4. The lowest BCUT2D eigenvalue weighted by molar-refractivity contribution is -0.142. The molecule has 228 valence electrons. The Morgan fingerprint density at radius 3 is 2.27 bits per heavy atom. The number of ketones is 1. The number of amides is 4. The largest absolute Gasteiger partial charge is 0.359 e. The number of methoxy groups -OCH3 is 1. The van der Waals surface area contributed by atoms with Crippen molar-refractivity contribution in [3.05, 3.63) is 0 Å². The van der Waals surface area contributed by atoms with E-state index in [-0.39, 0.29) is 24.3 Å². The summed E-state index contributed by atoms with van der Waals surface area (Å²) in [6.45, 7) is 7.29. The second-order valence-electron chi connectivity index (χ2n) is 12.5. The van der Waals surface area contributed by atoms with Gasteiger partial charge in [-0.15, -0.1) is 0 Å². The van der Waals surface area contributed by atoms with Gasteiger partial charge in [0.25, 0.3) is 0 Å². The lowest BCUT2D eigenvalue weighted by Crippen LogP contribution is -2.64. The summed E-state index contributed by atoms with van der Waals surface area (Å²) in [6.07, 6.45) is 6.06. The van der Waals surface area contributed by atoms with Crippen LogP contribution in [0, 0.1) is 5.41 Å². The number of urea groups is 1. The highest BCUT2D eigenvalue weighted by molar-refractivity contribution is 7.80. The Bertz CT molecular complexity index is 961. The van der Waals surface area contributed by atoms with Crippen molar-refractivity contribution in [1.29, 1.82) is 0 Å². The van der Waals surface area contributed by atoms with Gasteiger partial charge in [0.05, 0.1) is 17.3 Å². The minimum atomic E-state index is -2.12. The number of carbonyl (C=O) groups excluding carboxylic acids is 4. The van der Waals surface area contributed by atoms with E-state index < -0.39 is 57.5 Å². The van der Waals surface area contributed by atoms with Gasteiger partial charge in [-0.2, -0.15) is 0 Å². The SMILES string of the molecule is COC(NC1CC1)C(=O)CNC(=O)[C@@H]1CCCN1C(=O)[C@@H](NC(=O)NC1([C@H](C)S(=O)O)CCCCC1)C(C)(C)C. The monoisotopic (exact) mass is 585 g/mol.